The van der Waals surface area contributed by atoms with Crippen LogP contribution >= 0.6 is 11.3 Å². The highest BCUT2D eigenvalue weighted by Crippen LogP contribution is 2.39. The summed E-state index contributed by atoms with van der Waals surface area (Å²) in [7, 11) is 1.64. The Morgan fingerprint density at radius 1 is 1.30 bits per heavy atom. The summed E-state index contributed by atoms with van der Waals surface area (Å²) in [5.41, 5.74) is 2.78. The lowest BCUT2D eigenvalue weighted by atomic mass is 9.94. The maximum Gasteiger partial charge on any atom is 0.192 e. The third kappa shape index (κ3) is 3.50. The second-order valence-corrected chi connectivity index (χ2v) is 8.81. The van der Waals surface area contributed by atoms with Gasteiger partial charge < -0.3 is 14.3 Å². The molecule has 1 aliphatic rings. The van der Waals surface area contributed by atoms with E-state index in [1.165, 1.54) is 10.4 Å². The first-order valence-corrected chi connectivity index (χ1v) is 10.4. The Morgan fingerprint density at radius 3 is 2.93 bits per heavy atom. The summed E-state index contributed by atoms with van der Waals surface area (Å²) in [4.78, 5) is 16.9. The van der Waals surface area contributed by atoms with Crippen molar-refractivity contribution in [3.05, 3.63) is 52.4 Å². The molecule has 0 radical (unpaired) electrons. The first kappa shape index (κ1) is 19.0. The minimum atomic E-state index is -0.198. The molecule has 1 aromatic carbocycles. The maximum atomic E-state index is 5.95. The lowest BCUT2D eigenvalue weighted by molar-refractivity contribution is -0.0379. The van der Waals surface area contributed by atoms with E-state index in [1.807, 2.05) is 24.3 Å². The molecule has 0 amide bonds. The zero-order valence-electron chi connectivity index (χ0n) is 17.0. The minimum absolute atomic E-state index is 0.177. The summed E-state index contributed by atoms with van der Waals surface area (Å²) in [5.74, 6) is 1.36. The Hall–Kier alpha value is -3.04. The van der Waals surface area contributed by atoms with Crippen LogP contribution in [0.25, 0.3) is 15.9 Å². The van der Waals surface area contributed by atoms with E-state index in [2.05, 4.69) is 29.1 Å². The van der Waals surface area contributed by atoms with Crippen LogP contribution in [0.15, 0.2) is 35.7 Å². The van der Waals surface area contributed by atoms with Crippen molar-refractivity contribution in [2.75, 3.05) is 7.11 Å². The molecule has 0 aliphatic carbocycles. The van der Waals surface area contributed by atoms with Gasteiger partial charge in [0.25, 0.3) is 0 Å². The zero-order chi connectivity index (χ0) is 20.7. The summed E-state index contributed by atoms with van der Waals surface area (Å²) in [6.07, 6.45) is 4.17. The molecule has 0 spiro atoms. The van der Waals surface area contributed by atoms with Crippen molar-refractivity contribution >= 4 is 33.4 Å². The molecule has 0 saturated heterocycles. The van der Waals surface area contributed by atoms with Crippen LogP contribution in [0, 0.1) is 0 Å². The topological polar surface area (TPSA) is 83.1 Å². The first-order chi connectivity index (χ1) is 14.5. The molecule has 0 unspecified atom stereocenters. The molecule has 30 heavy (non-hydrogen) atoms. The highest BCUT2D eigenvalue weighted by Gasteiger charge is 2.30. The molecule has 1 aliphatic heterocycles. The normalized spacial score (nSPS) is 15.7. The Labute approximate surface area is 177 Å². The number of methoxy groups -OCH3 is 1. The highest BCUT2D eigenvalue weighted by atomic mass is 32.1. The average molecular weight is 423 g/mol. The van der Waals surface area contributed by atoms with E-state index < -0.39 is 0 Å². The Bertz CT molecular complexity index is 1240. The van der Waals surface area contributed by atoms with Crippen molar-refractivity contribution in [1.82, 2.24) is 19.6 Å². The summed E-state index contributed by atoms with van der Waals surface area (Å²) in [6, 6.07) is 7.55. The fourth-order valence-electron chi connectivity index (χ4n) is 3.53. The van der Waals surface area contributed by atoms with Crippen molar-refractivity contribution < 1.29 is 14.3 Å². The van der Waals surface area contributed by atoms with Crippen LogP contribution in [-0.4, -0.2) is 38.5 Å². The standard InChI is InChI=1S/C21H21N5O3S/c1-21(2)8-15-16(10-28-21)30-20-18(15)19-24-17(25-26(19)12-22-20)11-29-23-9-13-4-6-14(27-3)7-5-13/h4-7,9,12H,8,10-11H2,1-3H3/b23-9+. The van der Waals surface area contributed by atoms with Gasteiger partial charge in [0.15, 0.2) is 18.1 Å². The fourth-order valence-corrected chi connectivity index (χ4v) is 4.60. The lowest BCUT2D eigenvalue weighted by Gasteiger charge is -2.30. The van der Waals surface area contributed by atoms with Gasteiger partial charge in [-0.25, -0.2) is 14.5 Å². The van der Waals surface area contributed by atoms with Crippen LogP contribution in [0.5, 0.6) is 5.75 Å². The van der Waals surface area contributed by atoms with Gasteiger partial charge in [0.2, 0.25) is 0 Å². The summed E-state index contributed by atoms with van der Waals surface area (Å²) in [6.45, 7) is 5.00. The largest absolute Gasteiger partial charge is 0.497 e. The van der Waals surface area contributed by atoms with Crippen LogP contribution < -0.4 is 4.74 Å². The van der Waals surface area contributed by atoms with Gasteiger partial charge in [0.05, 0.1) is 30.9 Å². The number of fused-ring (bicyclic) bond motifs is 5. The van der Waals surface area contributed by atoms with Gasteiger partial charge >= 0.3 is 0 Å². The van der Waals surface area contributed by atoms with E-state index in [0.717, 1.165) is 33.6 Å². The first-order valence-electron chi connectivity index (χ1n) is 9.60. The van der Waals surface area contributed by atoms with Crippen molar-refractivity contribution in [2.24, 2.45) is 5.16 Å². The average Bonchev–Trinajstić information content (AvgIpc) is 3.31. The van der Waals surface area contributed by atoms with Gasteiger partial charge in [0, 0.05) is 11.3 Å². The molecule has 0 fully saturated rings. The monoisotopic (exact) mass is 423 g/mol. The van der Waals surface area contributed by atoms with Crippen molar-refractivity contribution in [3.8, 4) is 5.75 Å². The summed E-state index contributed by atoms with van der Waals surface area (Å²) in [5, 5.41) is 9.58. The predicted octanol–water partition coefficient (Wildman–Crippen LogP) is 3.75. The second-order valence-electron chi connectivity index (χ2n) is 7.73. The Balaban J connectivity index is 1.37. The number of hydrogen-bond acceptors (Lipinski definition) is 8. The van der Waals surface area contributed by atoms with Gasteiger partial charge in [-0.15, -0.1) is 16.4 Å². The zero-order valence-corrected chi connectivity index (χ0v) is 17.8. The van der Waals surface area contributed by atoms with Gasteiger partial charge in [-0.1, -0.05) is 5.16 Å². The molecule has 4 aromatic rings. The molecule has 9 heteroatoms. The van der Waals surface area contributed by atoms with E-state index in [1.54, 1.807) is 35.5 Å². The van der Waals surface area contributed by atoms with E-state index in [9.17, 15) is 0 Å². The number of oxime groups is 1. The lowest BCUT2D eigenvalue weighted by Crippen LogP contribution is -2.31. The van der Waals surface area contributed by atoms with E-state index >= 15 is 0 Å². The molecule has 0 saturated carbocycles. The number of ether oxygens (including phenoxy) is 2. The highest BCUT2D eigenvalue weighted by molar-refractivity contribution is 7.19. The van der Waals surface area contributed by atoms with Crippen LogP contribution in [0.4, 0.5) is 0 Å². The molecule has 4 heterocycles. The molecule has 0 N–H and O–H groups in total. The molecular formula is C21H21N5O3S. The number of benzene rings is 1. The molecule has 8 nitrogen and oxygen atoms in total. The van der Waals surface area contributed by atoms with Gasteiger partial charge in [-0.3, -0.25) is 0 Å². The van der Waals surface area contributed by atoms with Gasteiger partial charge in [-0.05, 0) is 49.2 Å². The van der Waals surface area contributed by atoms with Crippen molar-refractivity contribution in [3.63, 3.8) is 0 Å². The number of nitrogens with zero attached hydrogens (tertiary/aromatic N) is 5. The summed E-state index contributed by atoms with van der Waals surface area (Å²) < 4.78 is 12.8. The number of thiophene rings is 1. The van der Waals surface area contributed by atoms with Crippen LogP contribution in [0.1, 0.15) is 35.7 Å². The quantitative estimate of drug-likeness (QED) is 0.359. The SMILES string of the molecule is COc1ccc(/C=N/OCc2nc3c4c5c(sc4ncn3n2)COC(C)(C)C5)cc1. The predicted molar refractivity (Wildman–Crippen MR) is 114 cm³/mol. The van der Waals surface area contributed by atoms with Crippen LogP contribution in [0.2, 0.25) is 0 Å². The van der Waals surface area contributed by atoms with E-state index in [0.29, 0.717) is 12.4 Å². The van der Waals surface area contributed by atoms with Crippen molar-refractivity contribution in [2.45, 2.75) is 39.1 Å². The number of aromatic nitrogens is 4. The van der Waals surface area contributed by atoms with Gasteiger partial charge in [0.1, 0.15) is 16.9 Å². The summed E-state index contributed by atoms with van der Waals surface area (Å²) >= 11 is 1.67. The van der Waals surface area contributed by atoms with Crippen molar-refractivity contribution in [1.29, 1.82) is 0 Å². The molecule has 154 valence electrons. The van der Waals surface area contributed by atoms with Crippen LogP contribution in [0.3, 0.4) is 0 Å². The minimum Gasteiger partial charge on any atom is -0.497 e. The Kier molecular flexibility index (Phi) is 4.63. The molecule has 5 rings (SSSR count). The fraction of sp³-hybridized carbons (Fsp3) is 0.333. The van der Waals surface area contributed by atoms with E-state index in [4.69, 9.17) is 19.3 Å². The number of rotatable bonds is 5. The molecule has 3 aromatic heterocycles. The second kappa shape index (κ2) is 7.33. The third-order valence-electron chi connectivity index (χ3n) is 5.04. The maximum absolute atomic E-state index is 5.95. The van der Waals surface area contributed by atoms with Gasteiger partial charge in [-0.2, -0.15) is 0 Å². The Morgan fingerprint density at radius 2 is 2.13 bits per heavy atom. The molecule has 0 bridgehead atoms. The van der Waals surface area contributed by atoms with Crippen LogP contribution in [-0.2, 0) is 29.2 Å². The van der Waals surface area contributed by atoms with E-state index in [-0.39, 0.29) is 12.2 Å². The smallest absolute Gasteiger partial charge is 0.192 e. The third-order valence-corrected chi connectivity index (χ3v) is 6.15. The number of hydrogen-bond donors (Lipinski definition) is 0. The molecular weight excluding hydrogens is 402 g/mol. The molecule has 0 atom stereocenters.